The van der Waals surface area contributed by atoms with Gasteiger partial charge in [0.2, 0.25) is 5.91 Å². The summed E-state index contributed by atoms with van der Waals surface area (Å²) in [5.74, 6) is -0.400. The summed E-state index contributed by atoms with van der Waals surface area (Å²) in [5.41, 5.74) is 2.55. The Labute approximate surface area is 131 Å². The normalized spacial score (nSPS) is 14.4. The topological polar surface area (TPSA) is 49.4 Å². The molecule has 0 aliphatic carbocycles. The molecule has 4 nitrogen and oxygen atoms in total. The van der Waals surface area contributed by atoms with Crippen LogP contribution >= 0.6 is 22.9 Å². The minimum Gasteiger partial charge on any atom is -0.324 e. The van der Waals surface area contributed by atoms with Gasteiger partial charge in [0.1, 0.15) is 11.4 Å². The van der Waals surface area contributed by atoms with Crippen molar-refractivity contribution >= 4 is 40.4 Å². The van der Waals surface area contributed by atoms with E-state index in [0.717, 1.165) is 16.8 Å². The van der Waals surface area contributed by atoms with Crippen LogP contribution in [0.2, 0.25) is 5.02 Å². The molecule has 0 fully saturated rings. The summed E-state index contributed by atoms with van der Waals surface area (Å²) in [6.45, 7) is 2.28. The third kappa shape index (κ3) is 2.66. The first-order valence-corrected chi connectivity index (χ1v) is 7.72. The van der Waals surface area contributed by atoms with Gasteiger partial charge < -0.3 is 10.2 Å². The minimum atomic E-state index is -0.204. The Kier molecular flexibility index (Phi) is 3.69. The largest absolute Gasteiger partial charge is 0.324 e. The molecule has 0 atom stereocenters. The average Bonchev–Trinajstić information content (AvgIpc) is 2.70. The molecular formula is C15H13ClN2O2S. The first-order valence-electron chi connectivity index (χ1n) is 6.47. The standard InChI is InChI=1S/C15H13ClN2O2S/c1-9-8-21-14(13(9)16)15(20)18-6-10-4-2-3-5-11(10)17-12(19)7-18/h2-5,8H,6-7H2,1H3,(H,17,19). The van der Waals surface area contributed by atoms with Gasteiger partial charge in [-0.15, -0.1) is 11.3 Å². The second kappa shape index (κ2) is 5.50. The van der Waals surface area contributed by atoms with Crippen LogP contribution in [-0.4, -0.2) is 23.3 Å². The molecule has 0 unspecified atom stereocenters. The molecule has 2 aromatic rings. The molecule has 1 aliphatic rings. The maximum atomic E-state index is 12.6. The fraction of sp³-hybridized carbons (Fsp3) is 0.200. The Morgan fingerprint density at radius 3 is 2.81 bits per heavy atom. The smallest absolute Gasteiger partial charge is 0.266 e. The van der Waals surface area contributed by atoms with E-state index in [9.17, 15) is 9.59 Å². The maximum absolute atomic E-state index is 12.6. The van der Waals surface area contributed by atoms with Crippen molar-refractivity contribution in [1.82, 2.24) is 4.90 Å². The Bertz CT molecular complexity index is 726. The van der Waals surface area contributed by atoms with Crippen LogP contribution in [0.1, 0.15) is 20.8 Å². The SMILES string of the molecule is Cc1csc(C(=O)N2CC(=O)Nc3ccccc3C2)c1Cl. The van der Waals surface area contributed by atoms with E-state index in [1.54, 1.807) is 0 Å². The van der Waals surface area contributed by atoms with Crippen LogP contribution in [0.5, 0.6) is 0 Å². The van der Waals surface area contributed by atoms with Crippen molar-refractivity contribution < 1.29 is 9.59 Å². The highest BCUT2D eigenvalue weighted by Gasteiger charge is 2.26. The van der Waals surface area contributed by atoms with Crippen molar-refractivity contribution in [2.75, 3.05) is 11.9 Å². The predicted octanol–water partition coefficient (Wildman–Crippen LogP) is 3.30. The zero-order valence-electron chi connectivity index (χ0n) is 11.4. The zero-order chi connectivity index (χ0) is 15.0. The summed E-state index contributed by atoms with van der Waals surface area (Å²) >= 11 is 7.48. The van der Waals surface area contributed by atoms with E-state index in [0.29, 0.717) is 16.4 Å². The number of hydrogen-bond donors (Lipinski definition) is 1. The van der Waals surface area contributed by atoms with Gasteiger partial charge in [-0.25, -0.2) is 0 Å². The van der Waals surface area contributed by atoms with Crippen molar-refractivity contribution in [3.05, 3.63) is 50.7 Å². The lowest BCUT2D eigenvalue weighted by molar-refractivity contribution is -0.116. The van der Waals surface area contributed by atoms with Crippen molar-refractivity contribution in [3.63, 3.8) is 0 Å². The number of anilines is 1. The van der Waals surface area contributed by atoms with E-state index in [1.165, 1.54) is 16.2 Å². The molecule has 0 saturated heterocycles. The summed E-state index contributed by atoms with van der Waals surface area (Å²) in [4.78, 5) is 26.6. The molecule has 0 radical (unpaired) electrons. The number of hydrogen-bond acceptors (Lipinski definition) is 3. The number of fused-ring (bicyclic) bond motifs is 1. The van der Waals surface area contributed by atoms with Gasteiger partial charge in [0.15, 0.2) is 0 Å². The number of benzene rings is 1. The highest BCUT2D eigenvalue weighted by Crippen LogP contribution is 2.30. The van der Waals surface area contributed by atoms with Crippen molar-refractivity contribution in [1.29, 1.82) is 0 Å². The maximum Gasteiger partial charge on any atom is 0.266 e. The Morgan fingerprint density at radius 2 is 2.10 bits per heavy atom. The van der Waals surface area contributed by atoms with Gasteiger partial charge in [0.05, 0.1) is 5.02 Å². The van der Waals surface area contributed by atoms with E-state index >= 15 is 0 Å². The zero-order valence-corrected chi connectivity index (χ0v) is 12.9. The summed E-state index contributed by atoms with van der Waals surface area (Å²) in [7, 11) is 0. The van der Waals surface area contributed by atoms with Crippen LogP contribution in [0, 0.1) is 6.92 Å². The van der Waals surface area contributed by atoms with Crippen molar-refractivity contribution in [2.45, 2.75) is 13.5 Å². The van der Waals surface area contributed by atoms with Gasteiger partial charge in [-0.2, -0.15) is 0 Å². The summed E-state index contributed by atoms with van der Waals surface area (Å²) < 4.78 is 0. The number of aryl methyl sites for hydroxylation is 1. The molecular weight excluding hydrogens is 308 g/mol. The number of amides is 2. The fourth-order valence-electron chi connectivity index (χ4n) is 2.27. The quantitative estimate of drug-likeness (QED) is 0.876. The molecule has 1 aromatic carbocycles. The van der Waals surface area contributed by atoms with Crippen LogP contribution in [0.3, 0.4) is 0 Å². The van der Waals surface area contributed by atoms with Crippen LogP contribution in [0.15, 0.2) is 29.6 Å². The van der Waals surface area contributed by atoms with E-state index in [2.05, 4.69) is 5.32 Å². The number of nitrogens with zero attached hydrogens (tertiary/aromatic N) is 1. The summed E-state index contributed by atoms with van der Waals surface area (Å²) in [6.07, 6.45) is 0. The molecule has 21 heavy (non-hydrogen) atoms. The van der Waals surface area contributed by atoms with Crippen molar-refractivity contribution in [3.8, 4) is 0 Å². The number of rotatable bonds is 1. The molecule has 0 saturated carbocycles. The lowest BCUT2D eigenvalue weighted by Crippen LogP contribution is -2.35. The van der Waals surface area contributed by atoms with Crippen LogP contribution in [0.25, 0.3) is 0 Å². The van der Waals surface area contributed by atoms with Gasteiger partial charge in [0, 0.05) is 12.2 Å². The lowest BCUT2D eigenvalue weighted by atomic mass is 10.1. The second-order valence-electron chi connectivity index (χ2n) is 4.93. The van der Waals surface area contributed by atoms with E-state index < -0.39 is 0 Å². The number of carbonyl (C=O) groups excluding carboxylic acids is 2. The number of nitrogens with one attached hydrogen (secondary N) is 1. The minimum absolute atomic E-state index is 0.0286. The van der Waals surface area contributed by atoms with Crippen LogP contribution < -0.4 is 5.32 Å². The summed E-state index contributed by atoms with van der Waals surface area (Å²) in [5, 5.41) is 5.14. The van der Waals surface area contributed by atoms with E-state index in [4.69, 9.17) is 11.6 Å². The highest BCUT2D eigenvalue weighted by molar-refractivity contribution is 7.13. The van der Waals surface area contributed by atoms with Crippen LogP contribution in [0.4, 0.5) is 5.69 Å². The molecule has 0 bridgehead atoms. The lowest BCUT2D eigenvalue weighted by Gasteiger charge is -2.19. The number of halogens is 1. The molecule has 2 amide bonds. The molecule has 6 heteroatoms. The van der Waals surface area contributed by atoms with Gasteiger partial charge >= 0.3 is 0 Å². The molecule has 1 N–H and O–H groups in total. The number of thiophene rings is 1. The van der Waals surface area contributed by atoms with Gasteiger partial charge in [-0.3, -0.25) is 9.59 Å². The molecule has 1 aliphatic heterocycles. The Morgan fingerprint density at radius 1 is 1.33 bits per heavy atom. The molecule has 2 heterocycles. The number of carbonyl (C=O) groups is 2. The Balaban J connectivity index is 1.94. The molecule has 3 rings (SSSR count). The third-order valence-electron chi connectivity index (χ3n) is 3.37. The first kappa shape index (κ1) is 14.1. The van der Waals surface area contributed by atoms with Crippen LogP contribution in [-0.2, 0) is 11.3 Å². The van der Waals surface area contributed by atoms with Gasteiger partial charge in [-0.05, 0) is 29.5 Å². The average molecular weight is 321 g/mol. The second-order valence-corrected chi connectivity index (χ2v) is 6.19. The third-order valence-corrected chi connectivity index (χ3v) is 5.05. The van der Waals surface area contributed by atoms with E-state index in [1.807, 2.05) is 36.6 Å². The van der Waals surface area contributed by atoms with Crippen molar-refractivity contribution in [2.24, 2.45) is 0 Å². The first-order chi connectivity index (χ1) is 10.1. The predicted molar refractivity (Wildman–Crippen MR) is 83.9 cm³/mol. The van der Waals surface area contributed by atoms with Gasteiger partial charge in [-0.1, -0.05) is 29.8 Å². The fourth-order valence-corrected chi connectivity index (χ4v) is 3.51. The molecule has 1 aromatic heterocycles. The molecule has 108 valence electrons. The highest BCUT2D eigenvalue weighted by atomic mass is 35.5. The Hall–Kier alpha value is -1.85. The molecule has 0 spiro atoms. The monoisotopic (exact) mass is 320 g/mol. The number of para-hydroxylation sites is 1. The summed E-state index contributed by atoms with van der Waals surface area (Å²) in [6, 6.07) is 7.49. The van der Waals surface area contributed by atoms with Gasteiger partial charge in [0.25, 0.3) is 5.91 Å². The van der Waals surface area contributed by atoms with E-state index in [-0.39, 0.29) is 18.4 Å².